The lowest BCUT2D eigenvalue weighted by Gasteiger charge is -2.34. The third-order valence-corrected chi connectivity index (χ3v) is 4.08. The Bertz CT molecular complexity index is 523. The summed E-state index contributed by atoms with van der Waals surface area (Å²) in [7, 11) is 0. The van der Waals surface area contributed by atoms with Crippen molar-refractivity contribution in [3.63, 3.8) is 0 Å². The molecule has 1 N–H and O–H groups in total. The van der Waals surface area contributed by atoms with E-state index in [1.165, 1.54) is 0 Å². The zero-order chi connectivity index (χ0) is 14.7. The molecule has 1 aliphatic heterocycles. The largest absolute Gasteiger partial charge is 0.371 e. The van der Waals surface area contributed by atoms with E-state index in [-0.39, 0.29) is 17.7 Å². The van der Waals surface area contributed by atoms with Crippen molar-refractivity contribution in [2.24, 2.45) is 0 Å². The first-order valence-corrected chi connectivity index (χ1v) is 7.59. The molecular formula is C15H19BrN2O2. The number of rotatable bonds is 3. The van der Waals surface area contributed by atoms with Crippen LogP contribution in [0.3, 0.4) is 0 Å². The fourth-order valence-corrected chi connectivity index (χ4v) is 2.97. The summed E-state index contributed by atoms with van der Waals surface area (Å²) < 4.78 is 0.974. The maximum Gasteiger partial charge on any atom is 0.217 e. The van der Waals surface area contributed by atoms with E-state index < -0.39 is 0 Å². The number of anilines is 1. The van der Waals surface area contributed by atoms with E-state index in [2.05, 4.69) is 26.1 Å². The number of ketones is 1. The molecule has 1 heterocycles. The molecule has 0 aromatic heterocycles. The van der Waals surface area contributed by atoms with Crippen LogP contribution in [0.2, 0.25) is 0 Å². The Morgan fingerprint density at radius 3 is 2.45 bits per heavy atom. The van der Waals surface area contributed by atoms with Gasteiger partial charge in [0.25, 0.3) is 0 Å². The highest BCUT2D eigenvalue weighted by Crippen LogP contribution is 2.28. The van der Waals surface area contributed by atoms with Gasteiger partial charge in [0.2, 0.25) is 5.91 Å². The van der Waals surface area contributed by atoms with Crippen molar-refractivity contribution in [1.82, 2.24) is 5.32 Å². The monoisotopic (exact) mass is 338 g/mol. The number of Topliss-reactive ketones (excluding diaryl/α,β-unsaturated/α-hetero) is 1. The molecule has 0 aliphatic carbocycles. The molecule has 1 amide bonds. The number of hydrogen-bond donors (Lipinski definition) is 1. The smallest absolute Gasteiger partial charge is 0.217 e. The van der Waals surface area contributed by atoms with Gasteiger partial charge in [0.1, 0.15) is 0 Å². The quantitative estimate of drug-likeness (QED) is 0.862. The molecular weight excluding hydrogens is 320 g/mol. The molecule has 20 heavy (non-hydrogen) atoms. The van der Waals surface area contributed by atoms with E-state index >= 15 is 0 Å². The van der Waals surface area contributed by atoms with Crippen molar-refractivity contribution >= 4 is 33.3 Å². The first kappa shape index (κ1) is 15.0. The number of piperidine rings is 1. The normalized spacial score (nSPS) is 16.1. The van der Waals surface area contributed by atoms with E-state index in [0.717, 1.165) is 41.7 Å². The molecule has 1 saturated heterocycles. The number of carbonyl (C=O) groups excluding carboxylic acids is 2. The van der Waals surface area contributed by atoms with E-state index in [1.54, 1.807) is 13.8 Å². The Labute approximate surface area is 127 Å². The van der Waals surface area contributed by atoms with Crippen LogP contribution in [0.25, 0.3) is 0 Å². The van der Waals surface area contributed by atoms with Crippen LogP contribution >= 0.6 is 15.9 Å². The lowest BCUT2D eigenvalue weighted by atomic mass is 10.0. The van der Waals surface area contributed by atoms with Crippen LogP contribution in [0, 0.1) is 0 Å². The maximum absolute atomic E-state index is 11.7. The molecule has 1 aromatic rings. The van der Waals surface area contributed by atoms with Gasteiger partial charge in [-0.2, -0.15) is 0 Å². The highest BCUT2D eigenvalue weighted by Gasteiger charge is 2.22. The van der Waals surface area contributed by atoms with Crippen molar-refractivity contribution in [2.75, 3.05) is 18.0 Å². The van der Waals surface area contributed by atoms with E-state index in [9.17, 15) is 9.59 Å². The molecule has 1 fully saturated rings. The average molecular weight is 339 g/mol. The summed E-state index contributed by atoms with van der Waals surface area (Å²) in [6.45, 7) is 4.84. The maximum atomic E-state index is 11.7. The van der Waals surface area contributed by atoms with Crippen LogP contribution in [0.5, 0.6) is 0 Å². The zero-order valence-electron chi connectivity index (χ0n) is 11.8. The third kappa shape index (κ3) is 3.60. The summed E-state index contributed by atoms with van der Waals surface area (Å²) in [5, 5.41) is 2.96. The zero-order valence-corrected chi connectivity index (χ0v) is 13.4. The molecule has 0 unspecified atom stereocenters. The summed E-state index contributed by atoms with van der Waals surface area (Å²) in [5.41, 5.74) is 1.74. The SMILES string of the molecule is CC(=O)NC1CCN(c2cc(Br)ccc2C(C)=O)CC1. The predicted octanol–water partition coefficient (Wildman–Crippen LogP) is 2.76. The molecule has 0 spiro atoms. The van der Waals surface area contributed by atoms with Crippen molar-refractivity contribution < 1.29 is 9.59 Å². The van der Waals surface area contributed by atoms with Crippen molar-refractivity contribution in [2.45, 2.75) is 32.7 Å². The minimum absolute atomic E-state index is 0.0235. The Balaban J connectivity index is 2.12. The van der Waals surface area contributed by atoms with Crippen molar-refractivity contribution in [3.8, 4) is 0 Å². The second kappa shape index (κ2) is 6.39. The Hall–Kier alpha value is -1.36. The van der Waals surface area contributed by atoms with Gasteiger partial charge in [-0.25, -0.2) is 0 Å². The van der Waals surface area contributed by atoms with Crippen LogP contribution in [-0.4, -0.2) is 30.8 Å². The van der Waals surface area contributed by atoms with Crippen LogP contribution < -0.4 is 10.2 Å². The van der Waals surface area contributed by atoms with Gasteiger partial charge in [0, 0.05) is 41.8 Å². The molecule has 1 aliphatic rings. The van der Waals surface area contributed by atoms with Crippen LogP contribution in [-0.2, 0) is 4.79 Å². The Morgan fingerprint density at radius 1 is 1.25 bits per heavy atom. The fraction of sp³-hybridized carbons (Fsp3) is 0.467. The molecule has 4 nitrogen and oxygen atoms in total. The number of hydrogen-bond acceptors (Lipinski definition) is 3. The molecule has 0 radical (unpaired) electrons. The second-order valence-electron chi connectivity index (χ2n) is 5.18. The highest BCUT2D eigenvalue weighted by atomic mass is 79.9. The van der Waals surface area contributed by atoms with Crippen molar-refractivity contribution in [1.29, 1.82) is 0 Å². The second-order valence-corrected chi connectivity index (χ2v) is 6.10. The minimum atomic E-state index is 0.0235. The summed E-state index contributed by atoms with van der Waals surface area (Å²) in [6.07, 6.45) is 1.81. The topological polar surface area (TPSA) is 49.4 Å². The highest BCUT2D eigenvalue weighted by molar-refractivity contribution is 9.10. The van der Waals surface area contributed by atoms with Gasteiger partial charge < -0.3 is 10.2 Å². The van der Waals surface area contributed by atoms with E-state index in [0.29, 0.717) is 0 Å². The number of benzene rings is 1. The van der Waals surface area contributed by atoms with Gasteiger partial charge in [-0.15, -0.1) is 0 Å². The molecule has 0 atom stereocenters. The van der Waals surface area contributed by atoms with Gasteiger partial charge in [0.05, 0.1) is 0 Å². The molecule has 108 valence electrons. The predicted molar refractivity (Wildman–Crippen MR) is 83.2 cm³/mol. The van der Waals surface area contributed by atoms with Gasteiger partial charge in [-0.3, -0.25) is 9.59 Å². The summed E-state index contributed by atoms with van der Waals surface area (Å²) in [4.78, 5) is 25.0. The van der Waals surface area contributed by atoms with Crippen LogP contribution in [0.15, 0.2) is 22.7 Å². The molecule has 0 saturated carbocycles. The van der Waals surface area contributed by atoms with Crippen molar-refractivity contribution in [3.05, 3.63) is 28.2 Å². The summed E-state index contributed by atoms with van der Waals surface area (Å²) in [5.74, 6) is 0.104. The Kier molecular flexibility index (Phi) is 4.81. The fourth-order valence-electron chi connectivity index (χ4n) is 2.62. The molecule has 5 heteroatoms. The first-order valence-electron chi connectivity index (χ1n) is 6.80. The standard InChI is InChI=1S/C15H19BrN2O2/c1-10(19)14-4-3-12(16)9-15(14)18-7-5-13(6-8-18)17-11(2)20/h3-4,9,13H,5-8H2,1-2H3,(H,17,20). The molecule has 2 rings (SSSR count). The molecule has 0 bridgehead atoms. The van der Waals surface area contributed by atoms with Gasteiger partial charge in [0.15, 0.2) is 5.78 Å². The number of nitrogens with zero attached hydrogens (tertiary/aromatic N) is 1. The van der Waals surface area contributed by atoms with Gasteiger partial charge in [-0.05, 0) is 38.0 Å². The van der Waals surface area contributed by atoms with Crippen LogP contribution in [0.1, 0.15) is 37.0 Å². The van der Waals surface area contributed by atoms with Crippen LogP contribution in [0.4, 0.5) is 5.69 Å². The van der Waals surface area contributed by atoms with E-state index in [4.69, 9.17) is 0 Å². The lowest BCUT2D eigenvalue weighted by Crippen LogP contribution is -2.44. The minimum Gasteiger partial charge on any atom is -0.371 e. The average Bonchev–Trinajstić information content (AvgIpc) is 2.38. The van der Waals surface area contributed by atoms with E-state index in [1.807, 2.05) is 18.2 Å². The first-order chi connectivity index (χ1) is 9.47. The lowest BCUT2D eigenvalue weighted by molar-refractivity contribution is -0.119. The number of nitrogens with one attached hydrogen (secondary N) is 1. The molecule has 1 aromatic carbocycles. The number of halogens is 1. The Morgan fingerprint density at radius 2 is 1.90 bits per heavy atom. The number of carbonyl (C=O) groups is 2. The van der Waals surface area contributed by atoms with Gasteiger partial charge in [-0.1, -0.05) is 15.9 Å². The van der Waals surface area contributed by atoms with Gasteiger partial charge >= 0.3 is 0 Å². The third-order valence-electron chi connectivity index (χ3n) is 3.58. The summed E-state index contributed by atoms with van der Waals surface area (Å²) in [6, 6.07) is 6.00. The number of amides is 1. The summed E-state index contributed by atoms with van der Waals surface area (Å²) >= 11 is 3.46.